The summed E-state index contributed by atoms with van der Waals surface area (Å²) in [6.45, 7) is 5.02. The number of halogens is 1. The minimum atomic E-state index is -0.206. The van der Waals surface area contributed by atoms with Crippen LogP contribution in [-0.4, -0.2) is 9.78 Å². The Kier molecular flexibility index (Phi) is 3.04. The molecule has 2 nitrogen and oxygen atoms in total. The van der Waals surface area contributed by atoms with Gasteiger partial charge < -0.3 is 0 Å². The van der Waals surface area contributed by atoms with E-state index in [0.29, 0.717) is 0 Å². The van der Waals surface area contributed by atoms with Gasteiger partial charge in [-0.1, -0.05) is 19.1 Å². The van der Waals surface area contributed by atoms with Gasteiger partial charge in [0.1, 0.15) is 5.82 Å². The van der Waals surface area contributed by atoms with Crippen LogP contribution in [0, 0.1) is 12.7 Å². The Balaban J connectivity index is 2.36. The fourth-order valence-corrected chi connectivity index (χ4v) is 1.77. The van der Waals surface area contributed by atoms with Crippen LogP contribution in [0.25, 0.3) is 11.1 Å². The van der Waals surface area contributed by atoms with E-state index >= 15 is 0 Å². The van der Waals surface area contributed by atoms with Crippen LogP contribution < -0.4 is 0 Å². The van der Waals surface area contributed by atoms with Crippen molar-refractivity contribution in [2.75, 3.05) is 0 Å². The molecule has 0 saturated carbocycles. The van der Waals surface area contributed by atoms with E-state index in [0.717, 1.165) is 29.8 Å². The third-order valence-electron chi connectivity index (χ3n) is 2.55. The molecular weight excluding hydrogens is 203 g/mol. The number of nitrogens with zero attached hydrogens (tertiary/aromatic N) is 2. The summed E-state index contributed by atoms with van der Waals surface area (Å²) in [6.07, 6.45) is 3.08. The maximum atomic E-state index is 12.8. The average Bonchev–Trinajstić information content (AvgIpc) is 2.61. The summed E-state index contributed by atoms with van der Waals surface area (Å²) in [5.74, 6) is -0.206. The molecule has 0 N–H and O–H groups in total. The van der Waals surface area contributed by atoms with Crippen molar-refractivity contribution in [2.24, 2.45) is 0 Å². The first-order chi connectivity index (χ1) is 7.70. The molecule has 16 heavy (non-hydrogen) atoms. The summed E-state index contributed by atoms with van der Waals surface area (Å²) in [5.41, 5.74) is 3.08. The lowest BCUT2D eigenvalue weighted by Gasteiger charge is -1.98. The Morgan fingerprint density at radius 3 is 2.56 bits per heavy atom. The van der Waals surface area contributed by atoms with Crippen LogP contribution in [0.1, 0.15) is 19.0 Å². The van der Waals surface area contributed by atoms with E-state index in [9.17, 15) is 4.39 Å². The molecule has 0 spiro atoms. The average molecular weight is 218 g/mol. The fraction of sp³-hybridized carbons (Fsp3) is 0.308. The molecular formula is C13H15FN2. The summed E-state index contributed by atoms with van der Waals surface area (Å²) in [5, 5.41) is 4.42. The molecule has 2 aromatic rings. The second-order valence-electron chi connectivity index (χ2n) is 3.90. The molecule has 0 aliphatic heterocycles. The maximum absolute atomic E-state index is 12.8. The Hall–Kier alpha value is -1.64. The molecule has 1 heterocycles. The smallest absolute Gasteiger partial charge is 0.123 e. The molecule has 1 aromatic carbocycles. The van der Waals surface area contributed by atoms with Gasteiger partial charge in [-0.2, -0.15) is 5.10 Å². The molecule has 0 fully saturated rings. The van der Waals surface area contributed by atoms with Crippen molar-refractivity contribution >= 4 is 0 Å². The topological polar surface area (TPSA) is 17.8 Å². The molecule has 0 aliphatic carbocycles. The number of aryl methyl sites for hydroxylation is 2. The van der Waals surface area contributed by atoms with Crippen molar-refractivity contribution < 1.29 is 4.39 Å². The van der Waals surface area contributed by atoms with Crippen LogP contribution in [0.3, 0.4) is 0 Å². The molecule has 0 aliphatic rings. The Morgan fingerprint density at radius 1 is 1.25 bits per heavy atom. The summed E-state index contributed by atoms with van der Waals surface area (Å²) in [4.78, 5) is 0. The van der Waals surface area contributed by atoms with E-state index in [1.807, 2.05) is 17.8 Å². The first kappa shape index (κ1) is 10.9. The van der Waals surface area contributed by atoms with Crippen LogP contribution in [0.4, 0.5) is 4.39 Å². The molecule has 0 unspecified atom stereocenters. The molecule has 1 aromatic heterocycles. The predicted octanol–water partition coefficient (Wildman–Crippen LogP) is 3.41. The lowest BCUT2D eigenvalue weighted by molar-refractivity contribution is 0.598. The molecule has 84 valence electrons. The van der Waals surface area contributed by atoms with Crippen molar-refractivity contribution in [1.29, 1.82) is 0 Å². The summed E-state index contributed by atoms with van der Waals surface area (Å²) in [7, 11) is 0. The monoisotopic (exact) mass is 218 g/mol. The highest BCUT2D eigenvalue weighted by molar-refractivity contribution is 5.64. The number of rotatable bonds is 3. The molecule has 0 atom stereocenters. The highest BCUT2D eigenvalue weighted by Crippen LogP contribution is 2.22. The van der Waals surface area contributed by atoms with E-state index < -0.39 is 0 Å². The number of benzene rings is 1. The zero-order valence-electron chi connectivity index (χ0n) is 9.57. The van der Waals surface area contributed by atoms with Crippen molar-refractivity contribution in [3.63, 3.8) is 0 Å². The minimum absolute atomic E-state index is 0.206. The van der Waals surface area contributed by atoms with E-state index in [1.165, 1.54) is 12.1 Å². The molecule has 2 rings (SSSR count). The second kappa shape index (κ2) is 4.47. The van der Waals surface area contributed by atoms with Crippen LogP contribution in [0.15, 0.2) is 30.5 Å². The second-order valence-corrected chi connectivity index (χ2v) is 3.90. The SMILES string of the molecule is CCCn1cc(-c2ccc(F)cc2)c(C)n1. The highest BCUT2D eigenvalue weighted by atomic mass is 19.1. The molecule has 0 radical (unpaired) electrons. The first-order valence-electron chi connectivity index (χ1n) is 5.50. The van der Waals surface area contributed by atoms with Gasteiger partial charge in [0.2, 0.25) is 0 Å². The van der Waals surface area contributed by atoms with E-state index in [-0.39, 0.29) is 5.82 Å². The number of hydrogen-bond donors (Lipinski definition) is 0. The Bertz CT molecular complexity index is 471. The van der Waals surface area contributed by atoms with Crippen LogP contribution in [-0.2, 0) is 6.54 Å². The summed E-state index contributed by atoms with van der Waals surface area (Å²) < 4.78 is 14.7. The molecule has 0 saturated heterocycles. The lowest BCUT2D eigenvalue weighted by atomic mass is 10.1. The van der Waals surface area contributed by atoms with Crippen LogP contribution in [0.5, 0.6) is 0 Å². The lowest BCUT2D eigenvalue weighted by Crippen LogP contribution is -1.96. The number of aromatic nitrogens is 2. The number of hydrogen-bond acceptors (Lipinski definition) is 1. The zero-order chi connectivity index (χ0) is 11.5. The van der Waals surface area contributed by atoms with Gasteiger partial charge in [-0.3, -0.25) is 4.68 Å². The van der Waals surface area contributed by atoms with Crippen molar-refractivity contribution in [3.8, 4) is 11.1 Å². The quantitative estimate of drug-likeness (QED) is 0.772. The van der Waals surface area contributed by atoms with Crippen LogP contribution in [0.2, 0.25) is 0 Å². The maximum Gasteiger partial charge on any atom is 0.123 e. The molecule has 3 heteroatoms. The van der Waals surface area contributed by atoms with Gasteiger partial charge in [-0.25, -0.2) is 4.39 Å². The predicted molar refractivity (Wildman–Crippen MR) is 62.6 cm³/mol. The third kappa shape index (κ3) is 2.13. The summed E-state index contributed by atoms with van der Waals surface area (Å²) >= 11 is 0. The summed E-state index contributed by atoms with van der Waals surface area (Å²) in [6, 6.07) is 6.53. The first-order valence-corrected chi connectivity index (χ1v) is 5.50. The van der Waals surface area contributed by atoms with Gasteiger partial charge in [-0.15, -0.1) is 0 Å². The van der Waals surface area contributed by atoms with Gasteiger partial charge in [0.15, 0.2) is 0 Å². The highest BCUT2D eigenvalue weighted by Gasteiger charge is 2.06. The minimum Gasteiger partial charge on any atom is -0.272 e. The van der Waals surface area contributed by atoms with Crippen molar-refractivity contribution in [2.45, 2.75) is 26.8 Å². The fourth-order valence-electron chi connectivity index (χ4n) is 1.77. The van der Waals surface area contributed by atoms with Crippen LogP contribution >= 0.6 is 0 Å². The van der Waals surface area contributed by atoms with E-state index in [1.54, 1.807) is 12.1 Å². The third-order valence-corrected chi connectivity index (χ3v) is 2.55. The standard InChI is InChI=1S/C13H15FN2/c1-3-8-16-9-13(10(2)15-16)11-4-6-12(14)7-5-11/h4-7,9H,3,8H2,1-2H3. The largest absolute Gasteiger partial charge is 0.272 e. The molecule has 0 amide bonds. The molecule has 0 bridgehead atoms. The van der Waals surface area contributed by atoms with E-state index in [4.69, 9.17) is 0 Å². The van der Waals surface area contributed by atoms with E-state index in [2.05, 4.69) is 12.0 Å². The Labute approximate surface area is 94.7 Å². The van der Waals surface area contributed by atoms with Gasteiger partial charge >= 0.3 is 0 Å². The van der Waals surface area contributed by atoms with Gasteiger partial charge in [-0.05, 0) is 31.0 Å². The van der Waals surface area contributed by atoms with Gasteiger partial charge in [0.25, 0.3) is 0 Å². The zero-order valence-corrected chi connectivity index (χ0v) is 9.57. The van der Waals surface area contributed by atoms with Crippen molar-refractivity contribution in [3.05, 3.63) is 42.0 Å². The Morgan fingerprint density at radius 2 is 1.94 bits per heavy atom. The normalized spacial score (nSPS) is 10.7. The van der Waals surface area contributed by atoms with Gasteiger partial charge in [0, 0.05) is 18.3 Å². The van der Waals surface area contributed by atoms with Crippen molar-refractivity contribution in [1.82, 2.24) is 9.78 Å². The van der Waals surface area contributed by atoms with Gasteiger partial charge in [0.05, 0.1) is 5.69 Å².